The molecule has 0 saturated heterocycles. The van der Waals surface area contributed by atoms with Crippen LogP contribution in [0.1, 0.15) is 37.3 Å². The molecule has 0 heterocycles. The van der Waals surface area contributed by atoms with Crippen LogP contribution >= 0.6 is 0 Å². The van der Waals surface area contributed by atoms with E-state index in [0.29, 0.717) is 6.42 Å². The number of hydrogen-bond acceptors (Lipinski definition) is 5. The lowest BCUT2D eigenvalue weighted by Gasteiger charge is -2.16. The number of aliphatic carboxylic acids is 1. The zero-order valence-electron chi connectivity index (χ0n) is 13.2. The number of aryl methyl sites for hydroxylation is 2. The van der Waals surface area contributed by atoms with Crippen molar-refractivity contribution in [2.75, 3.05) is 0 Å². The summed E-state index contributed by atoms with van der Waals surface area (Å²) in [5.74, 6) is -1.25. The second-order valence-electron chi connectivity index (χ2n) is 5.32. The molecule has 0 saturated carbocycles. The molecule has 2 N–H and O–H groups in total. The molecule has 0 amide bonds. The molecule has 0 unspecified atom stereocenters. The molecular formula is C14H20N2O6S. The van der Waals surface area contributed by atoms with Crippen molar-refractivity contribution in [3.05, 3.63) is 33.4 Å². The highest BCUT2D eigenvalue weighted by Crippen LogP contribution is 2.25. The summed E-state index contributed by atoms with van der Waals surface area (Å²) in [4.78, 5) is 21.3. The largest absolute Gasteiger partial charge is 0.480 e. The molecule has 0 spiro atoms. The Morgan fingerprint density at radius 1 is 1.35 bits per heavy atom. The average molecular weight is 344 g/mol. The first-order valence-corrected chi connectivity index (χ1v) is 8.59. The predicted octanol–water partition coefficient (Wildman–Crippen LogP) is 2.13. The number of nitro groups is 1. The van der Waals surface area contributed by atoms with Crippen LogP contribution in [0, 0.1) is 24.0 Å². The quantitative estimate of drug-likeness (QED) is 0.549. The van der Waals surface area contributed by atoms with Gasteiger partial charge in [-0.25, -0.2) is 8.42 Å². The van der Waals surface area contributed by atoms with E-state index >= 15 is 0 Å². The number of nitrogens with one attached hydrogen (secondary N) is 1. The predicted molar refractivity (Wildman–Crippen MR) is 83.8 cm³/mol. The lowest BCUT2D eigenvalue weighted by molar-refractivity contribution is -0.385. The number of sulfonamides is 1. The number of nitro benzene ring substituents is 1. The number of carbonyl (C=O) groups is 1. The Hall–Kier alpha value is -2.00. The maximum atomic E-state index is 12.4. The SMILES string of the molecule is CCCC[C@H](NS(=O)(=O)c1cc(C)c([N+](=O)[O-])cc1C)C(=O)O. The molecule has 0 aliphatic heterocycles. The Morgan fingerprint density at radius 2 is 1.96 bits per heavy atom. The fourth-order valence-electron chi connectivity index (χ4n) is 2.15. The van der Waals surface area contributed by atoms with Crippen LogP contribution < -0.4 is 4.72 Å². The highest BCUT2D eigenvalue weighted by Gasteiger charge is 2.27. The van der Waals surface area contributed by atoms with Gasteiger partial charge in [-0.05, 0) is 31.9 Å². The number of unbranched alkanes of at least 4 members (excludes halogenated alkanes) is 1. The minimum absolute atomic E-state index is 0.150. The summed E-state index contributed by atoms with van der Waals surface area (Å²) in [6.07, 6.45) is 1.48. The number of carboxylic acids is 1. The fraction of sp³-hybridized carbons (Fsp3) is 0.500. The molecule has 0 aliphatic carbocycles. The minimum atomic E-state index is -4.08. The van der Waals surface area contributed by atoms with E-state index in [0.717, 1.165) is 6.42 Å². The van der Waals surface area contributed by atoms with Gasteiger partial charge in [0.05, 0.1) is 9.82 Å². The van der Waals surface area contributed by atoms with Gasteiger partial charge in [-0.15, -0.1) is 0 Å². The zero-order valence-corrected chi connectivity index (χ0v) is 14.0. The molecule has 1 rings (SSSR count). The lowest BCUT2D eigenvalue weighted by Crippen LogP contribution is -2.40. The Morgan fingerprint density at radius 3 is 2.43 bits per heavy atom. The molecular weight excluding hydrogens is 324 g/mol. The van der Waals surface area contributed by atoms with Crippen LogP contribution in [0.25, 0.3) is 0 Å². The smallest absolute Gasteiger partial charge is 0.321 e. The summed E-state index contributed by atoms with van der Waals surface area (Å²) < 4.78 is 27.0. The van der Waals surface area contributed by atoms with E-state index in [9.17, 15) is 23.3 Å². The Balaban J connectivity index is 3.20. The van der Waals surface area contributed by atoms with Crippen molar-refractivity contribution in [3.63, 3.8) is 0 Å². The summed E-state index contributed by atoms with van der Waals surface area (Å²) in [7, 11) is -4.08. The van der Waals surface area contributed by atoms with Crippen LogP contribution in [-0.2, 0) is 14.8 Å². The second-order valence-corrected chi connectivity index (χ2v) is 7.00. The number of hydrogen-bond donors (Lipinski definition) is 2. The van der Waals surface area contributed by atoms with E-state index in [1.54, 1.807) is 0 Å². The molecule has 1 aromatic rings. The van der Waals surface area contributed by atoms with Crippen LogP contribution in [0.3, 0.4) is 0 Å². The fourth-order valence-corrected chi connectivity index (χ4v) is 3.69. The Bertz CT molecular complexity index is 714. The van der Waals surface area contributed by atoms with Crippen molar-refractivity contribution >= 4 is 21.7 Å². The van der Waals surface area contributed by atoms with E-state index in [1.807, 2.05) is 6.92 Å². The molecule has 8 nitrogen and oxygen atoms in total. The van der Waals surface area contributed by atoms with Crippen LogP contribution in [-0.4, -0.2) is 30.5 Å². The highest BCUT2D eigenvalue weighted by molar-refractivity contribution is 7.89. The number of benzene rings is 1. The topological polar surface area (TPSA) is 127 Å². The van der Waals surface area contributed by atoms with Crippen LogP contribution in [0.15, 0.2) is 17.0 Å². The van der Waals surface area contributed by atoms with Crippen molar-refractivity contribution in [1.82, 2.24) is 4.72 Å². The summed E-state index contributed by atoms with van der Waals surface area (Å²) in [5.41, 5.74) is 0.207. The third-order valence-electron chi connectivity index (χ3n) is 3.42. The summed E-state index contributed by atoms with van der Waals surface area (Å²) in [5, 5.41) is 20.0. The van der Waals surface area contributed by atoms with Gasteiger partial charge in [0.15, 0.2) is 0 Å². The van der Waals surface area contributed by atoms with Crippen molar-refractivity contribution in [3.8, 4) is 0 Å². The standard InChI is InChI=1S/C14H20N2O6S/c1-4-5-6-11(14(17)18)15-23(21,22)13-8-9(2)12(16(19)20)7-10(13)3/h7-8,11,15H,4-6H2,1-3H3,(H,17,18)/t11-/m0/s1. The molecule has 1 atom stereocenters. The molecule has 9 heteroatoms. The minimum Gasteiger partial charge on any atom is -0.480 e. The van der Waals surface area contributed by atoms with Gasteiger partial charge in [0, 0.05) is 11.6 Å². The molecule has 1 aromatic carbocycles. The van der Waals surface area contributed by atoms with E-state index < -0.39 is 27.0 Å². The maximum Gasteiger partial charge on any atom is 0.321 e. The maximum absolute atomic E-state index is 12.4. The van der Waals surface area contributed by atoms with Gasteiger partial charge in [0.25, 0.3) is 5.69 Å². The van der Waals surface area contributed by atoms with Gasteiger partial charge in [-0.3, -0.25) is 14.9 Å². The average Bonchev–Trinajstić information content (AvgIpc) is 2.44. The van der Waals surface area contributed by atoms with Crippen molar-refractivity contribution in [2.45, 2.75) is 51.0 Å². The number of rotatable bonds is 8. The normalized spacial score (nSPS) is 12.8. The van der Waals surface area contributed by atoms with Gasteiger partial charge in [-0.1, -0.05) is 19.8 Å². The summed E-state index contributed by atoms with van der Waals surface area (Å²) in [6.45, 7) is 4.74. The molecule has 23 heavy (non-hydrogen) atoms. The van der Waals surface area contributed by atoms with Gasteiger partial charge < -0.3 is 5.11 Å². The van der Waals surface area contributed by atoms with Crippen LogP contribution in [0.2, 0.25) is 0 Å². The van der Waals surface area contributed by atoms with Gasteiger partial charge in [-0.2, -0.15) is 4.72 Å². The van der Waals surface area contributed by atoms with Gasteiger partial charge in [0.2, 0.25) is 10.0 Å². The Labute approximate surface area is 134 Å². The second kappa shape index (κ2) is 7.51. The van der Waals surface area contributed by atoms with E-state index in [2.05, 4.69) is 4.72 Å². The van der Waals surface area contributed by atoms with Crippen LogP contribution in [0.4, 0.5) is 5.69 Å². The van der Waals surface area contributed by atoms with Gasteiger partial charge in [0.1, 0.15) is 6.04 Å². The Kier molecular flexibility index (Phi) is 6.22. The third-order valence-corrected chi connectivity index (χ3v) is 5.04. The molecule has 0 radical (unpaired) electrons. The molecule has 0 aliphatic rings. The first kappa shape index (κ1) is 19.0. The summed E-state index contributed by atoms with van der Waals surface area (Å²) in [6, 6.07) is 1.13. The van der Waals surface area contributed by atoms with Crippen molar-refractivity contribution < 1.29 is 23.2 Å². The molecule has 0 fully saturated rings. The first-order chi connectivity index (χ1) is 10.6. The van der Waals surface area contributed by atoms with Crippen molar-refractivity contribution in [1.29, 1.82) is 0 Å². The first-order valence-electron chi connectivity index (χ1n) is 7.11. The lowest BCUT2D eigenvalue weighted by atomic mass is 10.1. The van der Waals surface area contributed by atoms with Crippen molar-refractivity contribution in [2.24, 2.45) is 0 Å². The van der Waals surface area contributed by atoms with E-state index in [1.165, 1.54) is 26.0 Å². The monoisotopic (exact) mass is 344 g/mol. The number of carboxylic acid groups (broad SMARTS) is 1. The summed E-state index contributed by atoms with van der Waals surface area (Å²) >= 11 is 0. The molecule has 0 aromatic heterocycles. The highest BCUT2D eigenvalue weighted by atomic mass is 32.2. The van der Waals surface area contributed by atoms with E-state index in [4.69, 9.17) is 5.11 Å². The van der Waals surface area contributed by atoms with Crippen LogP contribution in [0.5, 0.6) is 0 Å². The third kappa shape index (κ3) is 4.73. The zero-order chi connectivity index (χ0) is 17.8. The molecule has 0 bridgehead atoms. The molecule has 128 valence electrons. The van der Waals surface area contributed by atoms with Gasteiger partial charge >= 0.3 is 5.97 Å². The number of nitrogens with zero attached hydrogens (tertiary/aromatic N) is 1. The van der Waals surface area contributed by atoms with E-state index in [-0.39, 0.29) is 28.1 Å².